The van der Waals surface area contributed by atoms with Crippen LogP contribution in [0.25, 0.3) is 0 Å². The molecular formula is C9H18ClNO. The summed E-state index contributed by atoms with van der Waals surface area (Å²) >= 11 is 5.43. The van der Waals surface area contributed by atoms with Crippen LogP contribution in [0.4, 0.5) is 0 Å². The van der Waals surface area contributed by atoms with Crippen LogP contribution in [0.5, 0.6) is 0 Å². The van der Waals surface area contributed by atoms with E-state index in [0.717, 1.165) is 6.42 Å². The van der Waals surface area contributed by atoms with Gasteiger partial charge in [0.25, 0.3) is 0 Å². The summed E-state index contributed by atoms with van der Waals surface area (Å²) < 4.78 is 0. The Hall–Kier alpha value is -0.240. The van der Waals surface area contributed by atoms with E-state index in [1.54, 1.807) is 0 Å². The van der Waals surface area contributed by atoms with Gasteiger partial charge in [0.05, 0.1) is 0 Å². The molecular weight excluding hydrogens is 174 g/mol. The Labute approximate surface area is 79.7 Å². The Morgan fingerprint density at radius 2 is 2.08 bits per heavy atom. The molecule has 0 aromatic heterocycles. The molecule has 0 aliphatic rings. The van der Waals surface area contributed by atoms with Gasteiger partial charge in [0.15, 0.2) is 0 Å². The first kappa shape index (κ1) is 11.8. The third-order valence-corrected chi connectivity index (χ3v) is 2.40. The van der Waals surface area contributed by atoms with Crippen LogP contribution < -0.4 is 5.32 Å². The molecule has 0 aliphatic carbocycles. The quantitative estimate of drug-likeness (QED) is 0.664. The molecule has 1 N–H and O–H groups in total. The van der Waals surface area contributed by atoms with Crippen LogP contribution in [0.3, 0.4) is 0 Å². The summed E-state index contributed by atoms with van der Waals surface area (Å²) in [6, 6.07) is 0.255. The van der Waals surface area contributed by atoms with Crippen LogP contribution in [0.1, 0.15) is 33.6 Å². The van der Waals surface area contributed by atoms with Gasteiger partial charge in [0, 0.05) is 18.3 Å². The minimum Gasteiger partial charge on any atom is -0.353 e. The molecule has 12 heavy (non-hydrogen) atoms. The fourth-order valence-corrected chi connectivity index (χ4v) is 1.08. The summed E-state index contributed by atoms with van der Waals surface area (Å²) in [5.41, 5.74) is 0. The zero-order valence-electron chi connectivity index (χ0n) is 8.06. The van der Waals surface area contributed by atoms with Gasteiger partial charge in [0.1, 0.15) is 0 Å². The molecule has 0 aromatic rings. The van der Waals surface area contributed by atoms with Gasteiger partial charge in [-0.3, -0.25) is 4.79 Å². The van der Waals surface area contributed by atoms with Crippen LogP contribution >= 0.6 is 11.6 Å². The number of hydrogen-bond donors (Lipinski definition) is 1. The molecule has 2 atom stereocenters. The monoisotopic (exact) mass is 191 g/mol. The molecule has 0 rings (SSSR count). The van der Waals surface area contributed by atoms with Crippen LogP contribution in [-0.2, 0) is 4.79 Å². The van der Waals surface area contributed by atoms with Crippen molar-refractivity contribution in [1.29, 1.82) is 0 Å². The number of carbonyl (C=O) groups excluding carboxylic acids is 1. The molecule has 0 spiro atoms. The van der Waals surface area contributed by atoms with E-state index < -0.39 is 0 Å². The van der Waals surface area contributed by atoms with Crippen molar-refractivity contribution >= 4 is 17.5 Å². The first-order valence-electron chi connectivity index (χ1n) is 4.47. The summed E-state index contributed by atoms with van der Waals surface area (Å²) in [6.45, 7) is 6.28. The average molecular weight is 192 g/mol. The van der Waals surface area contributed by atoms with Crippen molar-refractivity contribution in [1.82, 2.24) is 5.32 Å². The molecule has 2 nitrogen and oxygen atoms in total. The fourth-order valence-electron chi connectivity index (χ4n) is 0.908. The summed E-state index contributed by atoms with van der Waals surface area (Å²) in [4.78, 5) is 11.1. The molecule has 0 aromatic carbocycles. The van der Waals surface area contributed by atoms with Gasteiger partial charge in [-0.2, -0.15) is 0 Å². The molecule has 0 radical (unpaired) electrons. The zero-order valence-corrected chi connectivity index (χ0v) is 8.82. The molecule has 3 heteroatoms. The standard InChI is InChI=1S/C9H18ClNO/c1-4-7(2)8(3)11-9(12)5-6-10/h7-8H,4-6H2,1-3H3,(H,11,12). The van der Waals surface area contributed by atoms with Crippen molar-refractivity contribution < 1.29 is 4.79 Å². The number of rotatable bonds is 5. The largest absolute Gasteiger partial charge is 0.353 e. The molecule has 0 saturated heterocycles. The van der Waals surface area contributed by atoms with E-state index in [9.17, 15) is 4.79 Å². The highest BCUT2D eigenvalue weighted by Crippen LogP contribution is 2.06. The van der Waals surface area contributed by atoms with Crippen LogP contribution in [0.2, 0.25) is 0 Å². The summed E-state index contributed by atoms with van der Waals surface area (Å²) in [5, 5.41) is 2.91. The van der Waals surface area contributed by atoms with Crippen molar-refractivity contribution in [3.63, 3.8) is 0 Å². The summed E-state index contributed by atoms with van der Waals surface area (Å²) in [5.74, 6) is 0.987. The highest BCUT2D eigenvalue weighted by Gasteiger charge is 2.11. The van der Waals surface area contributed by atoms with Crippen molar-refractivity contribution in [2.45, 2.75) is 39.7 Å². The SMILES string of the molecule is CCC(C)C(C)NC(=O)CCCl. The Morgan fingerprint density at radius 1 is 1.50 bits per heavy atom. The van der Waals surface area contributed by atoms with Crippen LogP contribution in [-0.4, -0.2) is 17.8 Å². The molecule has 0 heterocycles. The highest BCUT2D eigenvalue weighted by molar-refractivity contribution is 6.18. The second kappa shape index (κ2) is 6.30. The number of halogens is 1. The smallest absolute Gasteiger partial charge is 0.221 e. The minimum absolute atomic E-state index is 0.0535. The van der Waals surface area contributed by atoms with E-state index in [-0.39, 0.29) is 11.9 Å². The summed E-state index contributed by atoms with van der Waals surface area (Å²) in [7, 11) is 0. The van der Waals surface area contributed by atoms with Crippen LogP contribution in [0, 0.1) is 5.92 Å². The number of carbonyl (C=O) groups is 1. The third kappa shape index (κ3) is 4.60. The first-order chi connectivity index (χ1) is 5.61. The highest BCUT2D eigenvalue weighted by atomic mass is 35.5. The number of hydrogen-bond acceptors (Lipinski definition) is 1. The Morgan fingerprint density at radius 3 is 2.50 bits per heavy atom. The normalized spacial score (nSPS) is 15.3. The molecule has 0 aliphatic heterocycles. The van der Waals surface area contributed by atoms with Crippen LogP contribution in [0.15, 0.2) is 0 Å². The fraction of sp³-hybridized carbons (Fsp3) is 0.889. The number of nitrogens with one attached hydrogen (secondary N) is 1. The van der Waals surface area contributed by atoms with Crippen molar-refractivity contribution in [2.24, 2.45) is 5.92 Å². The second-order valence-electron chi connectivity index (χ2n) is 3.18. The molecule has 0 saturated carbocycles. The Bertz CT molecular complexity index is 138. The Kier molecular flexibility index (Phi) is 6.17. The van der Waals surface area contributed by atoms with E-state index in [1.165, 1.54) is 0 Å². The Balaban J connectivity index is 3.67. The maximum Gasteiger partial charge on any atom is 0.221 e. The zero-order chi connectivity index (χ0) is 9.56. The molecule has 2 unspecified atom stereocenters. The van der Waals surface area contributed by atoms with E-state index in [4.69, 9.17) is 11.6 Å². The van der Waals surface area contributed by atoms with E-state index in [0.29, 0.717) is 18.2 Å². The first-order valence-corrected chi connectivity index (χ1v) is 5.00. The lowest BCUT2D eigenvalue weighted by molar-refractivity contribution is -0.121. The molecule has 1 amide bonds. The predicted molar refractivity (Wildman–Crippen MR) is 52.4 cm³/mol. The third-order valence-electron chi connectivity index (χ3n) is 2.21. The lowest BCUT2D eigenvalue weighted by atomic mass is 10.0. The maximum atomic E-state index is 11.1. The van der Waals surface area contributed by atoms with Gasteiger partial charge in [-0.1, -0.05) is 20.3 Å². The topological polar surface area (TPSA) is 29.1 Å². The second-order valence-corrected chi connectivity index (χ2v) is 3.56. The molecule has 0 fully saturated rings. The van der Waals surface area contributed by atoms with Gasteiger partial charge < -0.3 is 5.32 Å². The van der Waals surface area contributed by atoms with E-state index >= 15 is 0 Å². The molecule has 0 bridgehead atoms. The van der Waals surface area contributed by atoms with E-state index in [2.05, 4.69) is 19.2 Å². The van der Waals surface area contributed by atoms with Crippen molar-refractivity contribution in [3.8, 4) is 0 Å². The predicted octanol–water partition coefficient (Wildman–Crippen LogP) is 2.17. The van der Waals surface area contributed by atoms with Crippen molar-refractivity contribution in [2.75, 3.05) is 5.88 Å². The van der Waals surface area contributed by atoms with Gasteiger partial charge in [-0.15, -0.1) is 11.6 Å². The van der Waals surface area contributed by atoms with Gasteiger partial charge in [0.2, 0.25) is 5.91 Å². The maximum absolute atomic E-state index is 11.1. The lowest BCUT2D eigenvalue weighted by Crippen LogP contribution is -2.36. The van der Waals surface area contributed by atoms with Gasteiger partial charge in [-0.25, -0.2) is 0 Å². The summed E-state index contributed by atoms with van der Waals surface area (Å²) in [6.07, 6.45) is 1.50. The van der Waals surface area contributed by atoms with E-state index in [1.807, 2.05) is 6.92 Å². The van der Waals surface area contributed by atoms with Gasteiger partial charge >= 0.3 is 0 Å². The lowest BCUT2D eigenvalue weighted by Gasteiger charge is -2.19. The van der Waals surface area contributed by atoms with Crippen molar-refractivity contribution in [3.05, 3.63) is 0 Å². The minimum atomic E-state index is 0.0535. The number of amides is 1. The number of alkyl halides is 1. The van der Waals surface area contributed by atoms with Gasteiger partial charge in [-0.05, 0) is 12.8 Å². The average Bonchev–Trinajstić information content (AvgIpc) is 2.03. The molecule has 72 valence electrons.